The number of nitrogens with zero attached hydrogens (tertiary/aromatic N) is 1. The first-order chi connectivity index (χ1) is 8.60. The number of hydrogen-bond donors (Lipinski definition) is 2. The molecule has 1 saturated carbocycles. The van der Waals surface area contributed by atoms with E-state index in [1.54, 1.807) is 0 Å². The van der Waals surface area contributed by atoms with E-state index in [0.717, 1.165) is 30.6 Å². The minimum Gasteiger partial charge on any atom is -0.476 e. The molecular formula is C11H14N2O3S2. The lowest BCUT2D eigenvalue weighted by Crippen LogP contribution is -2.33. The fourth-order valence-corrected chi connectivity index (χ4v) is 3.50. The summed E-state index contributed by atoms with van der Waals surface area (Å²) in [6.07, 6.45) is 5.15. The second-order valence-electron chi connectivity index (χ2n) is 4.18. The maximum absolute atomic E-state index is 11.9. The number of thiazole rings is 1. The number of rotatable bonds is 4. The standard InChI is InChI=1S/C11H14N2O3S2/c1-17-7-3-2-6(4-7)12-9(14)10-13-8(5-18-10)11(15)16/h5-7H,2-4H2,1H3,(H,12,14)(H,15,16). The van der Waals surface area contributed by atoms with E-state index in [1.165, 1.54) is 5.38 Å². The summed E-state index contributed by atoms with van der Waals surface area (Å²) in [7, 11) is 0. The number of carbonyl (C=O) groups excluding carboxylic acids is 1. The quantitative estimate of drug-likeness (QED) is 0.883. The summed E-state index contributed by atoms with van der Waals surface area (Å²) >= 11 is 2.89. The zero-order valence-electron chi connectivity index (χ0n) is 9.88. The molecule has 7 heteroatoms. The number of carboxylic acid groups (broad SMARTS) is 1. The molecule has 1 aromatic heterocycles. The molecule has 18 heavy (non-hydrogen) atoms. The third kappa shape index (κ3) is 3.02. The van der Waals surface area contributed by atoms with Crippen molar-refractivity contribution in [1.29, 1.82) is 0 Å². The molecule has 2 rings (SSSR count). The molecule has 98 valence electrons. The minimum absolute atomic E-state index is 0.0708. The molecular weight excluding hydrogens is 272 g/mol. The van der Waals surface area contributed by atoms with Crippen LogP contribution in [0.3, 0.4) is 0 Å². The van der Waals surface area contributed by atoms with Crippen molar-refractivity contribution >= 4 is 35.0 Å². The van der Waals surface area contributed by atoms with Crippen molar-refractivity contribution in [3.63, 3.8) is 0 Å². The monoisotopic (exact) mass is 286 g/mol. The zero-order valence-corrected chi connectivity index (χ0v) is 11.5. The van der Waals surface area contributed by atoms with Gasteiger partial charge >= 0.3 is 5.97 Å². The second-order valence-corrected chi connectivity index (χ2v) is 6.18. The highest BCUT2D eigenvalue weighted by Gasteiger charge is 2.26. The molecule has 1 amide bonds. The lowest BCUT2D eigenvalue weighted by Gasteiger charge is -2.11. The molecule has 1 heterocycles. The van der Waals surface area contributed by atoms with Gasteiger partial charge < -0.3 is 10.4 Å². The van der Waals surface area contributed by atoms with Crippen LogP contribution in [0.25, 0.3) is 0 Å². The molecule has 1 aliphatic carbocycles. The number of carboxylic acids is 1. The Morgan fingerprint density at radius 2 is 2.33 bits per heavy atom. The molecule has 2 N–H and O–H groups in total. The van der Waals surface area contributed by atoms with Gasteiger partial charge in [-0.25, -0.2) is 9.78 Å². The number of thioether (sulfide) groups is 1. The van der Waals surface area contributed by atoms with Crippen LogP contribution in [0.1, 0.15) is 39.6 Å². The Morgan fingerprint density at radius 3 is 2.89 bits per heavy atom. The molecule has 5 nitrogen and oxygen atoms in total. The van der Waals surface area contributed by atoms with E-state index in [1.807, 2.05) is 11.8 Å². The minimum atomic E-state index is -1.10. The lowest BCUT2D eigenvalue weighted by molar-refractivity contribution is 0.0691. The van der Waals surface area contributed by atoms with Gasteiger partial charge in [0.15, 0.2) is 10.7 Å². The van der Waals surface area contributed by atoms with E-state index in [4.69, 9.17) is 5.11 Å². The maximum atomic E-state index is 11.9. The third-order valence-corrected chi connectivity index (χ3v) is 4.91. The van der Waals surface area contributed by atoms with Crippen LogP contribution in [0.15, 0.2) is 5.38 Å². The van der Waals surface area contributed by atoms with E-state index in [-0.39, 0.29) is 22.7 Å². The number of carbonyl (C=O) groups is 2. The van der Waals surface area contributed by atoms with E-state index in [2.05, 4.69) is 16.6 Å². The molecule has 0 saturated heterocycles. The normalized spacial score (nSPS) is 22.9. The van der Waals surface area contributed by atoms with Crippen molar-refractivity contribution < 1.29 is 14.7 Å². The molecule has 2 atom stereocenters. The SMILES string of the molecule is CSC1CCC(NC(=O)c2nc(C(=O)O)cs2)C1. The summed E-state index contributed by atoms with van der Waals surface area (Å²) in [6.45, 7) is 0. The average molecular weight is 286 g/mol. The van der Waals surface area contributed by atoms with Crippen molar-refractivity contribution in [2.24, 2.45) is 0 Å². The smallest absolute Gasteiger partial charge is 0.355 e. The van der Waals surface area contributed by atoms with Crippen LogP contribution in [0.4, 0.5) is 0 Å². The maximum Gasteiger partial charge on any atom is 0.355 e. The summed E-state index contributed by atoms with van der Waals surface area (Å²) in [5.41, 5.74) is -0.0708. The topological polar surface area (TPSA) is 79.3 Å². The summed E-state index contributed by atoms with van der Waals surface area (Å²) in [4.78, 5) is 26.3. The Kier molecular flexibility index (Phi) is 4.23. The summed E-state index contributed by atoms with van der Waals surface area (Å²) in [6, 6.07) is 0.187. The average Bonchev–Trinajstić information content (AvgIpc) is 2.97. The van der Waals surface area contributed by atoms with Crippen molar-refractivity contribution in [3.8, 4) is 0 Å². The Balaban J connectivity index is 1.93. The van der Waals surface area contributed by atoms with Crippen molar-refractivity contribution in [1.82, 2.24) is 10.3 Å². The van der Waals surface area contributed by atoms with Crippen LogP contribution in [0.2, 0.25) is 0 Å². The second kappa shape index (κ2) is 5.71. The van der Waals surface area contributed by atoms with Gasteiger partial charge in [0.25, 0.3) is 5.91 Å². The number of aromatic nitrogens is 1. The molecule has 0 aromatic carbocycles. The van der Waals surface area contributed by atoms with Gasteiger partial charge in [0, 0.05) is 16.7 Å². The summed E-state index contributed by atoms with van der Waals surface area (Å²) in [5.74, 6) is -1.37. The third-order valence-electron chi connectivity index (χ3n) is 2.97. The van der Waals surface area contributed by atoms with Crippen LogP contribution in [0.5, 0.6) is 0 Å². The van der Waals surface area contributed by atoms with Crippen molar-refractivity contribution in [3.05, 3.63) is 16.1 Å². The summed E-state index contributed by atoms with van der Waals surface area (Å²) < 4.78 is 0. The van der Waals surface area contributed by atoms with Gasteiger partial charge in [-0.2, -0.15) is 11.8 Å². The summed E-state index contributed by atoms with van der Waals surface area (Å²) in [5, 5.41) is 13.9. The molecule has 1 aliphatic rings. The molecule has 1 aromatic rings. The molecule has 1 fully saturated rings. The Hall–Kier alpha value is -1.08. The predicted molar refractivity (Wildman–Crippen MR) is 71.5 cm³/mol. The number of hydrogen-bond acceptors (Lipinski definition) is 5. The van der Waals surface area contributed by atoms with Gasteiger partial charge in [-0.3, -0.25) is 4.79 Å². The first kappa shape index (κ1) is 13.4. The predicted octanol–water partition coefficient (Wildman–Crippen LogP) is 1.86. The van der Waals surface area contributed by atoms with Crippen LogP contribution >= 0.6 is 23.1 Å². The lowest BCUT2D eigenvalue weighted by atomic mass is 10.2. The fraction of sp³-hybridized carbons (Fsp3) is 0.545. The molecule has 2 unspecified atom stereocenters. The van der Waals surface area contributed by atoms with Gasteiger partial charge in [0.2, 0.25) is 0 Å². The Bertz CT molecular complexity index is 461. The van der Waals surface area contributed by atoms with Crippen LogP contribution in [-0.4, -0.2) is 39.5 Å². The van der Waals surface area contributed by atoms with E-state index in [9.17, 15) is 9.59 Å². The van der Waals surface area contributed by atoms with Gasteiger partial charge in [0.1, 0.15) is 0 Å². The molecule has 0 bridgehead atoms. The van der Waals surface area contributed by atoms with Gasteiger partial charge in [-0.1, -0.05) is 0 Å². The molecule has 0 aliphatic heterocycles. The van der Waals surface area contributed by atoms with Gasteiger partial charge in [-0.15, -0.1) is 11.3 Å². The van der Waals surface area contributed by atoms with Gasteiger partial charge in [0.05, 0.1) is 0 Å². The van der Waals surface area contributed by atoms with Crippen LogP contribution < -0.4 is 5.32 Å². The first-order valence-electron chi connectivity index (χ1n) is 5.62. The number of nitrogens with one attached hydrogen (secondary N) is 1. The molecule has 0 radical (unpaired) electrons. The Labute approximate surface area is 113 Å². The van der Waals surface area contributed by atoms with E-state index in [0.29, 0.717) is 5.25 Å². The molecule has 0 spiro atoms. The van der Waals surface area contributed by atoms with Crippen molar-refractivity contribution in [2.75, 3.05) is 6.26 Å². The van der Waals surface area contributed by atoms with Crippen molar-refractivity contribution in [2.45, 2.75) is 30.6 Å². The van der Waals surface area contributed by atoms with E-state index < -0.39 is 5.97 Å². The van der Waals surface area contributed by atoms with Crippen LogP contribution in [0, 0.1) is 0 Å². The first-order valence-corrected chi connectivity index (χ1v) is 7.79. The fourth-order valence-electron chi connectivity index (χ4n) is 2.01. The van der Waals surface area contributed by atoms with Crippen LogP contribution in [-0.2, 0) is 0 Å². The van der Waals surface area contributed by atoms with E-state index >= 15 is 0 Å². The Morgan fingerprint density at radius 1 is 1.56 bits per heavy atom. The highest BCUT2D eigenvalue weighted by atomic mass is 32.2. The largest absolute Gasteiger partial charge is 0.476 e. The van der Waals surface area contributed by atoms with Gasteiger partial charge in [-0.05, 0) is 25.5 Å². The highest BCUT2D eigenvalue weighted by molar-refractivity contribution is 7.99. The highest BCUT2D eigenvalue weighted by Crippen LogP contribution is 2.28. The number of aromatic carboxylic acids is 1. The zero-order chi connectivity index (χ0) is 13.1. The number of amides is 1.